The fourth-order valence-corrected chi connectivity index (χ4v) is 3.36. The van der Waals surface area contributed by atoms with Crippen LogP contribution in [0, 0.1) is 0 Å². The highest BCUT2D eigenvalue weighted by molar-refractivity contribution is 5.94. The predicted octanol–water partition coefficient (Wildman–Crippen LogP) is 4.55. The maximum absolute atomic E-state index is 12.8. The van der Waals surface area contributed by atoms with Crippen LogP contribution in [0.5, 0.6) is 11.5 Å². The van der Waals surface area contributed by atoms with E-state index in [0.717, 1.165) is 12.2 Å². The fraction of sp³-hybridized carbons (Fsp3) is 0.167. The average Bonchev–Trinajstić information content (AvgIpc) is 2.76. The van der Waals surface area contributed by atoms with Crippen LogP contribution in [-0.2, 0) is 11.3 Å². The number of pyridine rings is 1. The topological polar surface area (TPSA) is 57.5 Å². The van der Waals surface area contributed by atoms with E-state index in [1.54, 1.807) is 36.4 Å². The maximum Gasteiger partial charge on any atom is 0.331 e. The maximum atomic E-state index is 12.8. The summed E-state index contributed by atoms with van der Waals surface area (Å²) in [6.07, 6.45) is 0.929. The Morgan fingerprint density at radius 2 is 1.38 bits per heavy atom. The van der Waals surface area contributed by atoms with Gasteiger partial charge < -0.3 is 14.0 Å². The molecule has 5 heteroatoms. The average molecular weight is 387 g/mol. The summed E-state index contributed by atoms with van der Waals surface area (Å²) in [6, 6.07) is 21.6. The number of carbonyl (C=O) groups excluding carboxylic acids is 1. The Balaban J connectivity index is 1.64. The number of aromatic nitrogens is 1. The number of para-hydroxylation sites is 2. The first-order valence-corrected chi connectivity index (χ1v) is 9.61. The molecule has 0 unspecified atom stereocenters. The lowest BCUT2D eigenvalue weighted by Crippen LogP contribution is -2.19. The van der Waals surface area contributed by atoms with Gasteiger partial charge in [0.15, 0.2) is 5.43 Å². The van der Waals surface area contributed by atoms with Gasteiger partial charge >= 0.3 is 5.97 Å². The van der Waals surface area contributed by atoms with Crippen LogP contribution in [0.15, 0.2) is 77.6 Å². The van der Waals surface area contributed by atoms with Crippen molar-refractivity contribution in [1.82, 2.24) is 4.57 Å². The largest absolute Gasteiger partial charge is 0.494 e. The molecule has 0 spiro atoms. The van der Waals surface area contributed by atoms with Gasteiger partial charge in [-0.25, -0.2) is 4.79 Å². The van der Waals surface area contributed by atoms with Gasteiger partial charge in [-0.05, 0) is 55.0 Å². The van der Waals surface area contributed by atoms with Gasteiger partial charge in [0.1, 0.15) is 18.0 Å². The number of esters is 1. The molecule has 0 amide bonds. The molecule has 0 aliphatic rings. The third-order valence-corrected chi connectivity index (χ3v) is 4.69. The van der Waals surface area contributed by atoms with E-state index in [2.05, 4.69) is 0 Å². The van der Waals surface area contributed by atoms with Crippen molar-refractivity contribution in [2.45, 2.75) is 19.9 Å². The summed E-state index contributed by atoms with van der Waals surface area (Å²) in [7, 11) is 0. The summed E-state index contributed by atoms with van der Waals surface area (Å²) >= 11 is 0. The summed E-state index contributed by atoms with van der Waals surface area (Å²) in [5.41, 5.74) is 1.37. The van der Waals surface area contributed by atoms with Crippen molar-refractivity contribution in [3.05, 3.63) is 83.0 Å². The molecule has 29 heavy (non-hydrogen) atoms. The van der Waals surface area contributed by atoms with Crippen molar-refractivity contribution in [3.8, 4) is 11.5 Å². The molecule has 3 aromatic carbocycles. The van der Waals surface area contributed by atoms with Gasteiger partial charge in [0.2, 0.25) is 0 Å². The van der Waals surface area contributed by atoms with Gasteiger partial charge in [-0.3, -0.25) is 4.79 Å². The van der Waals surface area contributed by atoms with Crippen LogP contribution in [0.4, 0.5) is 0 Å². The molecule has 0 N–H and O–H groups in total. The molecule has 4 rings (SSSR count). The first-order chi connectivity index (χ1) is 14.2. The molecule has 0 radical (unpaired) electrons. The third-order valence-electron chi connectivity index (χ3n) is 4.69. The number of benzene rings is 3. The second-order valence-corrected chi connectivity index (χ2v) is 6.74. The van der Waals surface area contributed by atoms with Crippen molar-refractivity contribution in [2.24, 2.45) is 0 Å². The molecule has 146 valence electrons. The molecule has 5 nitrogen and oxygen atoms in total. The molecule has 0 atom stereocenters. The fourth-order valence-electron chi connectivity index (χ4n) is 3.36. The molecule has 1 heterocycles. The van der Waals surface area contributed by atoms with Crippen LogP contribution in [0.1, 0.15) is 13.3 Å². The van der Waals surface area contributed by atoms with Gasteiger partial charge in [-0.2, -0.15) is 0 Å². The molecular formula is C24H21NO4. The molecule has 0 aliphatic carbocycles. The summed E-state index contributed by atoms with van der Waals surface area (Å²) in [6.45, 7) is 2.68. The molecule has 0 bridgehead atoms. The Hall–Kier alpha value is -3.60. The summed E-state index contributed by atoms with van der Waals surface area (Å²) < 4.78 is 12.9. The second-order valence-electron chi connectivity index (χ2n) is 6.74. The summed E-state index contributed by atoms with van der Waals surface area (Å²) in [5, 5.41) is 1.16. The first-order valence-electron chi connectivity index (χ1n) is 9.61. The van der Waals surface area contributed by atoms with Crippen molar-refractivity contribution < 1.29 is 14.3 Å². The van der Waals surface area contributed by atoms with Gasteiger partial charge in [0.05, 0.1) is 17.6 Å². The lowest BCUT2D eigenvalue weighted by Gasteiger charge is -2.14. The van der Waals surface area contributed by atoms with Gasteiger partial charge in [0, 0.05) is 10.8 Å². The van der Waals surface area contributed by atoms with Gasteiger partial charge in [0.25, 0.3) is 0 Å². The highest BCUT2D eigenvalue weighted by atomic mass is 16.5. The molecule has 0 fully saturated rings. The molecule has 0 saturated carbocycles. The number of hydrogen-bond acceptors (Lipinski definition) is 4. The minimum Gasteiger partial charge on any atom is -0.494 e. The van der Waals surface area contributed by atoms with Gasteiger partial charge in [-0.1, -0.05) is 31.2 Å². The first kappa shape index (κ1) is 18.7. The minimum atomic E-state index is -0.411. The van der Waals surface area contributed by atoms with Crippen LogP contribution < -0.4 is 14.9 Å². The quantitative estimate of drug-likeness (QED) is 0.277. The molecule has 0 aliphatic heterocycles. The van der Waals surface area contributed by atoms with E-state index in [1.807, 2.05) is 47.9 Å². The SMILES string of the molecule is CCCOc1ccc(OC(=O)Cn2c3ccccc3c(=O)c3ccccc32)cc1. The third kappa shape index (κ3) is 3.85. The zero-order valence-electron chi connectivity index (χ0n) is 16.1. The van der Waals surface area contributed by atoms with Crippen molar-refractivity contribution in [3.63, 3.8) is 0 Å². The van der Waals surface area contributed by atoms with Crippen molar-refractivity contribution in [1.29, 1.82) is 0 Å². The zero-order chi connectivity index (χ0) is 20.2. The number of carbonyl (C=O) groups is 1. The number of nitrogens with zero attached hydrogens (tertiary/aromatic N) is 1. The molecule has 4 aromatic rings. The second kappa shape index (κ2) is 8.19. The van der Waals surface area contributed by atoms with E-state index >= 15 is 0 Å². The van der Waals surface area contributed by atoms with Gasteiger partial charge in [-0.15, -0.1) is 0 Å². The lowest BCUT2D eigenvalue weighted by atomic mass is 10.1. The van der Waals surface area contributed by atoms with Crippen LogP contribution >= 0.6 is 0 Å². The zero-order valence-corrected chi connectivity index (χ0v) is 16.1. The Labute approximate surface area is 168 Å². The lowest BCUT2D eigenvalue weighted by molar-refractivity contribution is -0.134. The van der Waals surface area contributed by atoms with E-state index in [9.17, 15) is 9.59 Å². The Bertz CT molecular complexity index is 1170. The Morgan fingerprint density at radius 1 is 0.828 bits per heavy atom. The van der Waals surface area contributed by atoms with E-state index < -0.39 is 5.97 Å². The number of rotatable bonds is 6. The monoisotopic (exact) mass is 387 g/mol. The van der Waals surface area contributed by atoms with E-state index in [1.165, 1.54) is 0 Å². The van der Waals surface area contributed by atoms with Crippen molar-refractivity contribution >= 4 is 27.8 Å². The standard InChI is InChI=1S/C24H21NO4/c1-2-15-28-17-11-13-18(14-12-17)29-23(26)16-25-21-9-5-3-7-19(21)24(27)20-8-4-6-10-22(20)25/h3-14H,2,15-16H2,1H3. The molecule has 0 saturated heterocycles. The Kier molecular flexibility index (Phi) is 5.29. The summed E-state index contributed by atoms with van der Waals surface area (Å²) in [4.78, 5) is 25.4. The number of fused-ring (bicyclic) bond motifs is 2. The minimum absolute atomic E-state index is 0.00457. The van der Waals surface area contributed by atoms with Crippen LogP contribution in [0.25, 0.3) is 21.8 Å². The van der Waals surface area contributed by atoms with Crippen LogP contribution in [0.3, 0.4) is 0 Å². The highest BCUT2D eigenvalue weighted by Crippen LogP contribution is 2.21. The molecular weight excluding hydrogens is 366 g/mol. The summed E-state index contributed by atoms with van der Waals surface area (Å²) in [5.74, 6) is 0.781. The van der Waals surface area contributed by atoms with Crippen LogP contribution in [-0.4, -0.2) is 17.1 Å². The molecule has 1 aromatic heterocycles. The van der Waals surface area contributed by atoms with E-state index in [-0.39, 0.29) is 12.0 Å². The smallest absolute Gasteiger partial charge is 0.331 e. The number of hydrogen-bond donors (Lipinski definition) is 0. The van der Waals surface area contributed by atoms with Crippen LogP contribution in [0.2, 0.25) is 0 Å². The normalized spacial score (nSPS) is 10.9. The Morgan fingerprint density at radius 3 is 1.97 bits per heavy atom. The predicted molar refractivity (Wildman–Crippen MR) is 114 cm³/mol. The number of ether oxygens (including phenoxy) is 2. The van der Waals surface area contributed by atoms with E-state index in [0.29, 0.717) is 34.2 Å². The van der Waals surface area contributed by atoms with Crippen molar-refractivity contribution in [2.75, 3.05) is 6.61 Å². The van der Waals surface area contributed by atoms with E-state index in [4.69, 9.17) is 9.47 Å². The highest BCUT2D eigenvalue weighted by Gasteiger charge is 2.14.